The van der Waals surface area contributed by atoms with Crippen molar-refractivity contribution >= 4 is 29.5 Å². The molecule has 0 aliphatic rings. The average molecular weight is 479 g/mol. The fourth-order valence-corrected chi connectivity index (χ4v) is 3.43. The number of nitrogen functional groups attached to an aromatic ring is 1. The van der Waals surface area contributed by atoms with Crippen molar-refractivity contribution in [3.05, 3.63) is 98.2 Å². The number of carbonyl (C=O) groups is 2. The Morgan fingerprint density at radius 3 is 2.43 bits per heavy atom. The Morgan fingerprint density at radius 2 is 1.80 bits per heavy atom. The van der Waals surface area contributed by atoms with E-state index in [2.05, 4.69) is 9.72 Å². The maximum Gasteiger partial charge on any atom is 0.337 e. The number of nitrogens with one attached hydrogen (secondary N) is 1. The van der Waals surface area contributed by atoms with Crippen LogP contribution in [0.15, 0.2) is 70.3 Å². The Balaban J connectivity index is 1.95. The molecule has 1 aromatic heterocycles. The third kappa shape index (κ3) is 6.12. The van der Waals surface area contributed by atoms with Gasteiger partial charge in [-0.25, -0.2) is 9.59 Å². The molecule has 0 saturated heterocycles. The number of benzene rings is 2. The van der Waals surface area contributed by atoms with E-state index in [4.69, 9.17) is 5.73 Å². The Labute approximate surface area is 200 Å². The summed E-state index contributed by atoms with van der Waals surface area (Å²) in [6.07, 6.45) is 2.94. The van der Waals surface area contributed by atoms with Gasteiger partial charge in [-0.2, -0.15) is 0 Å². The summed E-state index contributed by atoms with van der Waals surface area (Å²) in [4.78, 5) is 53.2. The molecule has 0 atom stereocenters. The summed E-state index contributed by atoms with van der Waals surface area (Å²) in [6, 6.07) is 15.4. The Bertz CT molecular complexity index is 1330. The summed E-state index contributed by atoms with van der Waals surface area (Å²) in [5, 5.41) is 9.31. The van der Waals surface area contributed by atoms with Gasteiger partial charge in [0.15, 0.2) is 5.69 Å². The van der Waals surface area contributed by atoms with Crippen LogP contribution in [0.1, 0.15) is 27.9 Å². The second-order valence-corrected chi connectivity index (χ2v) is 7.58. The molecule has 0 saturated carbocycles. The van der Waals surface area contributed by atoms with E-state index in [1.54, 1.807) is 36.4 Å². The number of anilines is 2. The number of hydrogen-bond acceptors (Lipinski definition) is 7. The normalized spacial score (nSPS) is 10.9. The molecule has 182 valence electrons. The second kappa shape index (κ2) is 11.6. The maximum atomic E-state index is 13.1. The molecule has 4 N–H and O–H groups in total. The number of esters is 1. The van der Waals surface area contributed by atoms with E-state index in [-0.39, 0.29) is 37.6 Å². The zero-order valence-electron chi connectivity index (χ0n) is 19.1. The molecule has 0 unspecified atom stereocenters. The average Bonchev–Trinajstić information content (AvgIpc) is 2.87. The van der Waals surface area contributed by atoms with Gasteiger partial charge < -0.3 is 20.5 Å². The number of amides is 1. The van der Waals surface area contributed by atoms with Crippen molar-refractivity contribution in [2.24, 2.45) is 0 Å². The van der Waals surface area contributed by atoms with E-state index in [1.807, 2.05) is 18.2 Å². The number of nitrogens with zero attached hydrogens (tertiary/aromatic N) is 2. The molecule has 0 spiro atoms. The van der Waals surface area contributed by atoms with E-state index in [9.17, 15) is 24.3 Å². The van der Waals surface area contributed by atoms with Gasteiger partial charge in [-0.15, -0.1) is 0 Å². The lowest BCUT2D eigenvalue weighted by Gasteiger charge is -2.23. The Kier molecular flexibility index (Phi) is 8.36. The highest BCUT2D eigenvalue weighted by molar-refractivity contribution is 6.05. The third-order valence-electron chi connectivity index (χ3n) is 5.22. The zero-order chi connectivity index (χ0) is 25.4. The van der Waals surface area contributed by atoms with E-state index in [1.165, 1.54) is 23.8 Å². The SMILES string of the molecule is COC(=O)c1ccc(/C=C/C(=O)N(CCCO)c2c(N)n(Cc3ccccc3)c(=O)[nH]c2=O)cc1. The lowest BCUT2D eigenvalue weighted by Crippen LogP contribution is -2.41. The number of H-pyrrole nitrogens is 1. The van der Waals surface area contributed by atoms with Gasteiger partial charge in [0, 0.05) is 19.2 Å². The molecule has 3 aromatic rings. The molecule has 10 nitrogen and oxygen atoms in total. The first kappa shape index (κ1) is 25.2. The van der Waals surface area contributed by atoms with E-state index >= 15 is 0 Å². The number of aromatic amines is 1. The van der Waals surface area contributed by atoms with E-state index in [0.717, 1.165) is 10.5 Å². The standard InChI is InChI=1S/C25H26N4O6/c1-35-24(33)19-11-8-17(9-12-19)10-13-20(31)28(14-5-15-30)21-22(26)29(25(34)27-23(21)32)16-18-6-3-2-4-7-18/h2-4,6-13,30H,5,14-16,26H2,1H3,(H,27,32,34)/b13-10+. The first-order chi connectivity index (χ1) is 16.8. The number of carbonyl (C=O) groups excluding carboxylic acids is 2. The first-order valence-electron chi connectivity index (χ1n) is 10.8. The molecule has 0 aliphatic carbocycles. The van der Waals surface area contributed by atoms with Gasteiger partial charge in [-0.1, -0.05) is 42.5 Å². The predicted octanol–water partition coefficient (Wildman–Crippen LogP) is 1.38. The van der Waals surface area contributed by atoms with E-state index in [0.29, 0.717) is 11.1 Å². The molecular formula is C25H26N4O6. The Morgan fingerprint density at radius 1 is 1.11 bits per heavy atom. The van der Waals surface area contributed by atoms with Gasteiger partial charge >= 0.3 is 11.7 Å². The smallest absolute Gasteiger partial charge is 0.337 e. The second-order valence-electron chi connectivity index (χ2n) is 7.58. The third-order valence-corrected chi connectivity index (χ3v) is 5.22. The van der Waals surface area contributed by atoms with Crippen LogP contribution in [0.25, 0.3) is 6.08 Å². The number of aliphatic hydroxyl groups is 1. The molecule has 0 fully saturated rings. The van der Waals surface area contributed by atoms with Crippen LogP contribution in [-0.2, 0) is 16.1 Å². The van der Waals surface area contributed by atoms with Gasteiger partial charge in [0.1, 0.15) is 5.82 Å². The van der Waals surface area contributed by atoms with Crippen LogP contribution in [0.2, 0.25) is 0 Å². The van der Waals surface area contributed by atoms with Crippen molar-refractivity contribution in [1.29, 1.82) is 0 Å². The van der Waals surface area contributed by atoms with Crippen LogP contribution in [0.5, 0.6) is 0 Å². The monoisotopic (exact) mass is 478 g/mol. The van der Waals surface area contributed by atoms with Crippen LogP contribution < -0.4 is 21.9 Å². The van der Waals surface area contributed by atoms with Crippen molar-refractivity contribution in [2.75, 3.05) is 30.9 Å². The molecule has 0 bridgehead atoms. The highest BCUT2D eigenvalue weighted by Crippen LogP contribution is 2.19. The number of methoxy groups -OCH3 is 1. The summed E-state index contributed by atoms with van der Waals surface area (Å²) in [6.45, 7) is -0.124. The Hall–Kier alpha value is -4.44. The number of rotatable bonds is 9. The van der Waals surface area contributed by atoms with Crippen LogP contribution in [-0.4, -0.2) is 46.8 Å². The van der Waals surface area contributed by atoms with Crippen LogP contribution in [0.3, 0.4) is 0 Å². The number of ether oxygens (including phenoxy) is 1. The zero-order valence-corrected chi connectivity index (χ0v) is 19.1. The topological polar surface area (TPSA) is 148 Å². The molecule has 3 rings (SSSR count). The first-order valence-corrected chi connectivity index (χ1v) is 10.8. The van der Waals surface area contributed by atoms with E-state index < -0.39 is 23.1 Å². The summed E-state index contributed by atoms with van der Waals surface area (Å²) in [5.74, 6) is -1.21. The highest BCUT2D eigenvalue weighted by atomic mass is 16.5. The minimum Gasteiger partial charge on any atom is -0.465 e. The molecule has 0 aliphatic heterocycles. The van der Waals surface area contributed by atoms with Gasteiger partial charge in [0.25, 0.3) is 11.5 Å². The molecule has 1 heterocycles. The van der Waals surface area contributed by atoms with Crippen molar-refractivity contribution in [2.45, 2.75) is 13.0 Å². The van der Waals surface area contributed by atoms with Gasteiger partial charge in [0.05, 0.1) is 19.2 Å². The van der Waals surface area contributed by atoms with Crippen molar-refractivity contribution < 1.29 is 19.4 Å². The quantitative estimate of drug-likeness (QED) is 0.311. The predicted molar refractivity (Wildman–Crippen MR) is 132 cm³/mol. The number of nitrogens with two attached hydrogens (primary N) is 1. The van der Waals surface area contributed by atoms with Crippen molar-refractivity contribution in [1.82, 2.24) is 9.55 Å². The summed E-state index contributed by atoms with van der Waals surface area (Å²) < 4.78 is 5.84. The molecule has 1 amide bonds. The van der Waals surface area contributed by atoms with Crippen LogP contribution in [0, 0.1) is 0 Å². The van der Waals surface area contributed by atoms with Gasteiger partial charge in [0.2, 0.25) is 0 Å². The van der Waals surface area contributed by atoms with Gasteiger partial charge in [-0.3, -0.25) is 19.1 Å². The highest BCUT2D eigenvalue weighted by Gasteiger charge is 2.23. The molecule has 2 aromatic carbocycles. The molecule has 0 radical (unpaired) electrons. The largest absolute Gasteiger partial charge is 0.465 e. The van der Waals surface area contributed by atoms with Crippen molar-refractivity contribution in [3.8, 4) is 0 Å². The lowest BCUT2D eigenvalue weighted by molar-refractivity contribution is -0.114. The minimum atomic E-state index is -0.807. The lowest BCUT2D eigenvalue weighted by atomic mass is 10.1. The molecule has 10 heteroatoms. The van der Waals surface area contributed by atoms with Crippen molar-refractivity contribution in [3.63, 3.8) is 0 Å². The number of hydrogen-bond donors (Lipinski definition) is 3. The summed E-state index contributed by atoms with van der Waals surface area (Å²) >= 11 is 0. The fourth-order valence-electron chi connectivity index (χ4n) is 3.43. The van der Waals surface area contributed by atoms with Gasteiger partial charge in [-0.05, 0) is 35.8 Å². The summed E-state index contributed by atoms with van der Waals surface area (Å²) in [7, 11) is 1.28. The molecular weight excluding hydrogens is 452 g/mol. The maximum absolute atomic E-state index is 13.1. The fraction of sp³-hybridized carbons (Fsp3) is 0.200. The molecule has 35 heavy (non-hydrogen) atoms. The number of aliphatic hydroxyl groups excluding tert-OH is 1. The number of aromatic nitrogens is 2. The van der Waals surface area contributed by atoms with Crippen LogP contribution >= 0.6 is 0 Å². The summed E-state index contributed by atoms with van der Waals surface area (Å²) in [5.41, 5.74) is 6.32. The van der Waals surface area contributed by atoms with Crippen LogP contribution in [0.4, 0.5) is 11.5 Å². The minimum absolute atomic E-state index is 0.00221.